The van der Waals surface area contributed by atoms with Crippen LogP contribution in [0.4, 0.5) is 0 Å². The molecule has 0 saturated heterocycles. The van der Waals surface area contributed by atoms with Gasteiger partial charge >= 0.3 is 0 Å². The molecule has 3 rings (SSSR count). The Hall–Kier alpha value is -2.92. The van der Waals surface area contributed by atoms with Gasteiger partial charge in [-0.25, -0.2) is 0 Å². The summed E-state index contributed by atoms with van der Waals surface area (Å²) in [6, 6.07) is 20.4. The van der Waals surface area contributed by atoms with Gasteiger partial charge in [0.2, 0.25) is 5.88 Å². The normalized spacial score (nSPS) is 11.8. The Morgan fingerprint density at radius 1 is 0.923 bits per heavy atom. The van der Waals surface area contributed by atoms with Gasteiger partial charge < -0.3 is 14.8 Å². The predicted octanol–water partition coefficient (Wildman–Crippen LogP) is 4.01. The Morgan fingerprint density at radius 3 is 2.50 bits per heavy atom. The molecule has 1 N–H and O–H groups in total. The molecule has 134 valence electrons. The van der Waals surface area contributed by atoms with E-state index in [1.165, 1.54) is 11.1 Å². The molecule has 0 radical (unpaired) electrons. The van der Waals surface area contributed by atoms with Crippen LogP contribution in [0, 0.1) is 0 Å². The monoisotopic (exact) mass is 349 g/mol. The lowest BCUT2D eigenvalue weighted by molar-refractivity contribution is 0.392. The Labute approximate surface area is 154 Å². The van der Waals surface area contributed by atoms with Crippen molar-refractivity contribution in [2.75, 3.05) is 14.2 Å². The molecular formula is C21H23N3O2. The van der Waals surface area contributed by atoms with Gasteiger partial charge in [0.15, 0.2) is 0 Å². The van der Waals surface area contributed by atoms with E-state index in [-0.39, 0.29) is 6.04 Å². The zero-order chi connectivity index (χ0) is 18.4. The number of hydrogen-bond acceptors (Lipinski definition) is 5. The van der Waals surface area contributed by atoms with Crippen molar-refractivity contribution in [2.45, 2.75) is 19.5 Å². The third-order valence-electron chi connectivity index (χ3n) is 4.28. The molecule has 0 aliphatic rings. The van der Waals surface area contributed by atoms with E-state index in [2.05, 4.69) is 46.7 Å². The SMILES string of the molecule is COc1cccc([C@@H](C)NCc2cccc(-c3ccc(OC)nn3)c2)c1. The van der Waals surface area contributed by atoms with Crippen LogP contribution in [0.15, 0.2) is 60.7 Å². The van der Waals surface area contributed by atoms with Crippen molar-refractivity contribution in [3.05, 3.63) is 71.8 Å². The Bertz CT molecular complexity index is 850. The Balaban J connectivity index is 1.68. The predicted molar refractivity (Wildman–Crippen MR) is 102 cm³/mol. The zero-order valence-corrected chi connectivity index (χ0v) is 15.3. The molecule has 0 bridgehead atoms. The standard InChI is InChI=1S/C21H23N3O2/c1-15(17-7-5-9-19(13-17)25-2)22-14-16-6-4-8-18(12-16)20-10-11-21(26-3)24-23-20/h4-13,15,22H,14H2,1-3H3/t15-/m1/s1. The zero-order valence-electron chi connectivity index (χ0n) is 15.3. The average molecular weight is 349 g/mol. The molecule has 0 unspecified atom stereocenters. The van der Waals surface area contributed by atoms with E-state index < -0.39 is 0 Å². The van der Waals surface area contributed by atoms with Gasteiger partial charge in [-0.15, -0.1) is 10.2 Å². The van der Waals surface area contributed by atoms with Crippen LogP contribution in [0.25, 0.3) is 11.3 Å². The highest BCUT2D eigenvalue weighted by atomic mass is 16.5. The van der Waals surface area contributed by atoms with Gasteiger partial charge in [-0.2, -0.15) is 0 Å². The minimum Gasteiger partial charge on any atom is -0.497 e. The second kappa shape index (κ2) is 8.45. The molecule has 2 aromatic carbocycles. The molecule has 26 heavy (non-hydrogen) atoms. The Kier molecular flexibility index (Phi) is 5.81. The molecule has 5 nitrogen and oxygen atoms in total. The Morgan fingerprint density at radius 2 is 1.77 bits per heavy atom. The summed E-state index contributed by atoms with van der Waals surface area (Å²) in [5.74, 6) is 1.38. The number of nitrogens with one attached hydrogen (secondary N) is 1. The first-order valence-electron chi connectivity index (χ1n) is 8.54. The molecule has 1 aromatic heterocycles. The molecule has 0 saturated carbocycles. The number of hydrogen-bond donors (Lipinski definition) is 1. The molecule has 0 aliphatic carbocycles. The average Bonchev–Trinajstić information content (AvgIpc) is 2.72. The van der Waals surface area contributed by atoms with E-state index in [0.717, 1.165) is 23.6 Å². The summed E-state index contributed by atoms with van der Waals surface area (Å²) in [7, 11) is 3.27. The minimum atomic E-state index is 0.217. The van der Waals surface area contributed by atoms with Crippen molar-refractivity contribution >= 4 is 0 Å². The van der Waals surface area contributed by atoms with Crippen LogP contribution in [-0.2, 0) is 6.54 Å². The van der Waals surface area contributed by atoms with E-state index in [4.69, 9.17) is 9.47 Å². The largest absolute Gasteiger partial charge is 0.497 e. The second-order valence-corrected chi connectivity index (χ2v) is 6.04. The fourth-order valence-corrected chi connectivity index (χ4v) is 2.72. The molecule has 3 aromatic rings. The van der Waals surface area contributed by atoms with Crippen molar-refractivity contribution in [1.29, 1.82) is 0 Å². The first-order chi connectivity index (χ1) is 12.7. The summed E-state index contributed by atoms with van der Waals surface area (Å²) in [5.41, 5.74) is 4.25. The molecule has 1 heterocycles. The molecule has 0 aliphatic heterocycles. The number of rotatable bonds is 7. The van der Waals surface area contributed by atoms with Gasteiger partial charge in [0.1, 0.15) is 5.75 Å². The van der Waals surface area contributed by atoms with Gasteiger partial charge in [-0.1, -0.05) is 30.3 Å². The smallest absolute Gasteiger partial charge is 0.233 e. The summed E-state index contributed by atoms with van der Waals surface area (Å²) in [4.78, 5) is 0. The van der Waals surface area contributed by atoms with Crippen molar-refractivity contribution in [2.24, 2.45) is 0 Å². The second-order valence-electron chi connectivity index (χ2n) is 6.04. The van der Waals surface area contributed by atoms with Crippen molar-refractivity contribution < 1.29 is 9.47 Å². The topological polar surface area (TPSA) is 56.3 Å². The lowest BCUT2D eigenvalue weighted by Gasteiger charge is -2.15. The summed E-state index contributed by atoms with van der Waals surface area (Å²) < 4.78 is 10.4. The summed E-state index contributed by atoms with van der Waals surface area (Å²) in [6.07, 6.45) is 0. The summed E-state index contributed by atoms with van der Waals surface area (Å²) in [5, 5.41) is 11.8. The maximum absolute atomic E-state index is 5.30. The fraction of sp³-hybridized carbons (Fsp3) is 0.238. The van der Waals surface area contributed by atoms with E-state index >= 15 is 0 Å². The van der Waals surface area contributed by atoms with E-state index in [0.29, 0.717) is 5.88 Å². The van der Waals surface area contributed by atoms with Gasteiger partial charge in [0.05, 0.1) is 19.9 Å². The van der Waals surface area contributed by atoms with Gasteiger partial charge in [-0.05, 0) is 42.3 Å². The molecular weight excluding hydrogens is 326 g/mol. The third kappa shape index (κ3) is 4.37. The quantitative estimate of drug-likeness (QED) is 0.698. The lowest BCUT2D eigenvalue weighted by Crippen LogP contribution is -2.18. The minimum absolute atomic E-state index is 0.217. The van der Waals surface area contributed by atoms with Crippen LogP contribution in [-0.4, -0.2) is 24.4 Å². The maximum Gasteiger partial charge on any atom is 0.233 e. The van der Waals surface area contributed by atoms with Crippen LogP contribution >= 0.6 is 0 Å². The highest BCUT2D eigenvalue weighted by Crippen LogP contribution is 2.21. The number of nitrogens with zero attached hydrogens (tertiary/aromatic N) is 2. The van der Waals surface area contributed by atoms with E-state index in [1.807, 2.05) is 36.4 Å². The van der Waals surface area contributed by atoms with Crippen LogP contribution in [0.2, 0.25) is 0 Å². The first kappa shape index (κ1) is 17.9. The van der Waals surface area contributed by atoms with Crippen molar-refractivity contribution in [3.8, 4) is 22.9 Å². The first-order valence-corrected chi connectivity index (χ1v) is 8.54. The van der Waals surface area contributed by atoms with Gasteiger partial charge in [0.25, 0.3) is 0 Å². The number of benzene rings is 2. The number of aromatic nitrogens is 2. The maximum atomic E-state index is 5.30. The van der Waals surface area contributed by atoms with Crippen LogP contribution in [0.1, 0.15) is 24.1 Å². The van der Waals surface area contributed by atoms with Crippen molar-refractivity contribution in [1.82, 2.24) is 15.5 Å². The fourth-order valence-electron chi connectivity index (χ4n) is 2.72. The van der Waals surface area contributed by atoms with E-state index in [1.54, 1.807) is 14.2 Å². The molecule has 0 spiro atoms. The highest BCUT2D eigenvalue weighted by molar-refractivity contribution is 5.59. The summed E-state index contributed by atoms with van der Waals surface area (Å²) in [6.45, 7) is 2.91. The molecule has 5 heteroatoms. The molecule has 1 atom stereocenters. The molecule has 0 fully saturated rings. The van der Waals surface area contributed by atoms with Crippen LogP contribution in [0.3, 0.4) is 0 Å². The lowest BCUT2D eigenvalue weighted by atomic mass is 10.1. The van der Waals surface area contributed by atoms with E-state index in [9.17, 15) is 0 Å². The van der Waals surface area contributed by atoms with Gasteiger partial charge in [-0.3, -0.25) is 0 Å². The molecule has 0 amide bonds. The highest BCUT2D eigenvalue weighted by Gasteiger charge is 2.07. The van der Waals surface area contributed by atoms with Crippen LogP contribution in [0.5, 0.6) is 11.6 Å². The number of ether oxygens (including phenoxy) is 2. The number of methoxy groups -OCH3 is 2. The van der Waals surface area contributed by atoms with Crippen molar-refractivity contribution in [3.63, 3.8) is 0 Å². The third-order valence-corrected chi connectivity index (χ3v) is 4.28. The van der Waals surface area contributed by atoms with Gasteiger partial charge in [0, 0.05) is 24.2 Å². The van der Waals surface area contributed by atoms with Crippen LogP contribution < -0.4 is 14.8 Å². The summed E-state index contributed by atoms with van der Waals surface area (Å²) >= 11 is 0.